The largest absolute Gasteiger partial charge is 0.492 e. The first-order valence-corrected chi connectivity index (χ1v) is 6.63. The van der Waals surface area contributed by atoms with Gasteiger partial charge in [0.25, 0.3) is 0 Å². The number of methoxy groups -OCH3 is 1. The van der Waals surface area contributed by atoms with E-state index in [4.69, 9.17) is 4.74 Å². The first-order valence-electron chi connectivity index (χ1n) is 4.66. The third kappa shape index (κ3) is 2.05. The molecule has 0 saturated carbocycles. The molecular weight excluding hydrogens is 248 g/mol. The number of allylic oxidation sites excluding steroid dienone is 3. The van der Waals surface area contributed by atoms with Gasteiger partial charge in [-0.1, -0.05) is 0 Å². The van der Waals surface area contributed by atoms with Gasteiger partial charge in [-0.25, -0.2) is 0 Å². The lowest BCUT2D eigenvalue weighted by Crippen LogP contribution is -2.17. The number of rotatable bonds is 1. The first kappa shape index (κ1) is 11.8. The molecule has 0 aromatic rings. The molecule has 86 valence electrons. The molecule has 1 unspecified atom stereocenters. The monoisotopic (exact) mass is 258 g/mol. The predicted octanol–water partition coefficient (Wildman–Crippen LogP) is 0.721. The Kier molecular flexibility index (Phi) is 3.41. The summed E-state index contributed by atoms with van der Waals surface area (Å²) in [6.45, 7) is 0. The van der Waals surface area contributed by atoms with Crippen LogP contribution in [0.1, 0.15) is 0 Å². The maximum atomic E-state index is 11.9. The highest BCUT2D eigenvalue weighted by Gasteiger charge is 2.32. The molecule has 4 nitrogen and oxygen atoms in total. The number of carbonyl (C=O) groups is 2. The van der Waals surface area contributed by atoms with Crippen molar-refractivity contribution in [3.05, 3.63) is 21.6 Å². The molecule has 0 spiro atoms. The highest BCUT2D eigenvalue weighted by molar-refractivity contribution is 8.08. The second-order valence-electron chi connectivity index (χ2n) is 3.34. The molecular formula is C10H10O4S2. The van der Waals surface area contributed by atoms with E-state index in [1.54, 1.807) is 0 Å². The number of Topliss-reactive ketones (excluding diaryl/α,β-unsaturated/α-hetero) is 1. The van der Waals surface area contributed by atoms with E-state index in [1.165, 1.54) is 36.7 Å². The quantitative estimate of drug-likeness (QED) is 0.699. The number of aliphatic hydroxyl groups is 1. The molecule has 2 aliphatic rings. The molecule has 1 N–H and O–H groups in total. The van der Waals surface area contributed by atoms with Crippen molar-refractivity contribution in [1.82, 2.24) is 0 Å². The number of carbonyl (C=O) groups excluding carboxylic acids is 2. The van der Waals surface area contributed by atoms with Crippen LogP contribution in [0.5, 0.6) is 0 Å². The fraction of sp³-hybridized carbons (Fsp3) is 0.400. The second-order valence-corrected chi connectivity index (χ2v) is 5.40. The summed E-state index contributed by atoms with van der Waals surface area (Å²) in [4.78, 5) is 24.4. The summed E-state index contributed by atoms with van der Waals surface area (Å²) in [7, 11) is 1.37. The lowest BCUT2D eigenvalue weighted by Gasteiger charge is -2.14. The summed E-state index contributed by atoms with van der Waals surface area (Å²) in [6, 6.07) is 0. The number of aliphatic hydroxyl groups excluding tert-OH is 1. The van der Waals surface area contributed by atoms with E-state index >= 15 is 0 Å². The van der Waals surface area contributed by atoms with Crippen molar-refractivity contribution >= 4 is 35.1 Å². The minimum absolute atomic E-state index is 0.0771. The summed E-state index contributed by atoms with van der Waals surface area (Å²) in [6.07, 6.45) is 0.721. The summed E-state index contributed by atoms with van der Waals surface area (Å²) in [5.74, 6) is 0.484. The maximum Gasteiger partial charge on any atom is 0.235 e. The Balaban J connectivity index is 2.34. The van der Waals surface area contributed by atoms with Gasteiger partial charge in [-0.15, -0.1) is 23.5 Å². The Morgan fingerprint density at radius 1 is 1.31 bits per heavy atom. The molecule has 6 heteroatoms. The molecule has 0 fully saturated rings. The molecule has 0 saturated heterocycles. The minimum Gasteiger partial charge on any atom is -0.492 e. The van der Waals surface area contributed by atoms with E-state index < -0.39 is 6.10 Å². The van der Waals surface area contributed by atoms with Gasteiger partial charge in [-0.05, 0) is 0 Å². The van der Waals surface area contributed by atoms with Gasteiger partial charge in [0.05, 0.1) is 23.0 Å². The lowest BCUT2D eigenvalue weighted by molar-refractivity contribution is -0.117. The topological polar surface area (TPSA) is 63.6 Å². The average molecular weight is 258 g/mol. The average Bonchev–Trinajstić information content (AvgIpc) is 2.46. The van der Waals surface area contributed by atoms with Gasteiger partial charge >= 0.3 is 0 Å². The molecule has 1 aliphatic heterocycles. The van der Waals surface area contributed by atoms with Gasteiger partial charge in [-0.3, -0.25) is 9.59 Å². The normalized spacial score (nSPS) is 26.1. The molecule has 2 rings (SSSR count). The first-order chi connectivity index (χ1) is 7.63. The lowest BCUT2D eigenvalue weighted by atomic mass is 10.1. The molecule has 0 amide bonds. The van der Waals surface area contributed by atoms with Gasteiger partial charge in [-0.2, -0.15) is 0 Å². The Morgan fingerprint density at radius 2 is 1.94 bits per heavy atom. The number of hydrogen-bond donors (Lipinski definition) is 1. The van der Waals surface area contributed by atoms with E-state index in [0.29, 0.717) is 21.3 Å². The smallest absolute Gasteiger partial charge is 0.235 e. The van der Waals surface area contributed by atoms with Crippen LogP contribution in [-0.2, 0) is 14.3 Å². The third-order valence-electron chi connectivity index (χ3n) is 2.18. The van der Waals surface area contributed by atoms with Gasteiger partial charge in [0.2, 0.25) is 5.78 Å². The van der Waals surface area contributed by atoms with Gasteiger partial charge in [0.15, 0.2) is 11.5 Å². The van der Waals surface area contributed by atoms with Crippen LogP contribution in [0.25, 0.3) is 0 Å². The second kappa shape index (κ2) is 4.65. The molecule has 0 bridgehead atoms. The van der Waals surface area contributed by atoms with Crippen LogP contribution in [-0.4, -0.2) is 41.4 Å². The predicted molar refractivity (Wildman–Crippen MR) is 63.1 cm³/mol. The number of ketones is 2. The van der Waals surface area contributed by atoms with E-state index in [1.807, 2.05) is 0 Å². The van der Waals surface area contributed by atoms with Crippen molar-refractivity contribution < 1.29 is 19.4 Å². The fourth-order valence-corrected chi connectivity index (χ4v) is 3.75. The summed E-state index contributed by atoms with van der Waals surface area (Å²) < 4.78 is 4.86. The fourth-order valence-electron chi connectivity index (χ4n) is 1.40. The zero-order valence-corrected chi connectivity index (χ0v) is 10.2. The molecule has 0 radical (unpaired) electrons. The summed E-state index contributed by atoms with van der Waals surface area (Å²) in [5, 5.41) is 9.49. The van der Waals surface area contributed by atoms with Crippen molar-refractivity contribution in [3.8, 4) is 0 Å². The standard InChI is InChI=1S/C10H10O4S2/c1-14-7-2-6(12)9-10(8(7)13)16-4-5(11)3-15-9/h2,5,11H,3-4H2,1H3. The molecule has 1 heterocycles. The Hall–Kier alpha value is -0.720. The van der Waals surface area contributed by atoms with E-state index in [-0.39, 0.29) is 17.3 Å². The molecule has 1 aliphatic carbocycles. The molecule has 1 atom stereocenters. The van der Waals surface area contributed by atoms with Gasteiger partial charge < -0.3 is 9.84 Å². The third-order valence-corrected chi connectivity index (χ3v) is 4.79. The van der Waals surface area contributed by atoms with Crippen LogP contribution < -0.4 is 0 Å². The number of ether oxygens (including phenoxy) is 1. The van der Waals surface area contributed by atoms with Crippen molar-refractivity contribution in [1.29, 1.82) is 0 Å². The van der Waals surface area contributed by atoms with Crippen LogP contribution >= 0.6 is 23.5 Å². The summed E-state index contributed by atoms with van der Waals surface area (Å²) in [5.41, 5.74) is 0. The highest BCUT2D eigenvalue weighted by atomic mass is 32.2. The van der Waals surface area contributed by atoms with Crippen molar-refractivity contribution in [3.63, 3.8) is 0 Å². The SMILES string of the molecule is COC1=CC(=O)C2=C(SCC(O)CS2)C1=O. The maximum absolute atomic E-state index is 11.9. The van der Waals surface area contributed by atoms with Crippen LogP contribution in [0.3, 0.4) is 0 Å². The minimum atomic E-state index is -0.493. The van der Waals surface area contributed by atoms with Crippen molar-refractivity contribution in [2.75, 3.05) is 18.6 Å². The van der Waals surface area contributed by atoms with Crippen molar-refractivity contribution in [2.24, 2.45) is 0 Å². The Morgan fingerprint density at radius 3 is 2.56 bits per heavy atom. The number of hydrogen-bond acceptors (Lipinski definition) is 6. The van der Waals surface area contributed by atoms with Gasteiger partial charge in [0, 0.05) is 17.6 Å². The highest BCUT2D eigenvalue weighted by Crippen LogP contribution is 2.38. The van der Waals surface area contributed by atoms with Crippen LogP contribution in [0.4, 0.5) is 0 Å². The molecule has 0 aromatic carbocycles. The number of thioether (sulfide) groups is 2. The van der Waals surface area contributed by atoms with Gasteiger partial charge in [0.1, 0.15) is 0 Å². The van der Waals surface area contributed by atoms with E-state index in [9.17, 15) is 14.7 Å². The van der Waals surface area contributed by atoms with E-state index in [2.05, 4.69) is 0 Å². The Bertz CT molecular complexity index is 411. The zero-order chi connectivity index (χ0) is 11.7. The zero-order valence-electron chi connectivity index (χ0n) is 8.56. The molecule has 16 heavy (non-hydrogen) atoms. The van der Waals surface area contributed by atoms with Crippen LogP contribution in [0, 0.1) is 0 Å². The summed E-state index contributed by atoms with van der Waals surface area (Å²) >= 11 is 2.46. The molecule has 0 aromatic heterocycles. The van der Waals surface area contributed by atoms with Crippen LogP contribution in [0.2, 0.25) is 0 Å². The van der Waals surface area contributed by atoms with E-state index in [0.717, 1.165) is 0 Å². The van der Waals surface area contributed by atoms with Crippen LogP contribution in [0.15, 0.2) is 21.6 Å². The Labute approximate surface area is 101 Å². The van der Waals surface area contributed by atoms with Crippen molar-refractivity contribution in [2.45, 2.75) is 6.10 Å².